The van der Waals surface area contributed by atoms with Gasteiger partial charge in [-0.1, -0.05) is 6.42 Å². The van der Waals surface area contributed by atoms with Gasteiger partial charge in [0.1, 0.15) is 5.78 Å². The van der Waals surface area contributed by atoms with Crippen LogP contribution in [0.1, 0.15) is 56.3 Å². The number of hydrogen-bond donors (Lipinski definition) is 1. The molecule has 6 heteroatoms. The number of amides is 1. The maximum atomic E-state index is 12.5. The predicted octanol–water partition coefficient (Wildman–Crippen LogP) is 3.15. The number of fused-ring (bicyclic) bond motifs is 2. The summed E-state index contributed by atoms with van der Waals surface area (Å²) in [6.07, 6.45) is 2.90. The molecule has 6 nitrogen and oxygen atoms in total. The summed E-state index contributed by atoms with van der Waals surface area (Å²) >= 11 is 0. The van der Waals surface area contributed by atoms with Crippen molar-refractivity contribution >= 4 is 29.1 Å². The highest BCUT2D eigenvalue weighted by Crippen LogP contribution is 2.40. The van der Waals surface area contributed by atoms with Gasteiger partial charge in [-0.3, -0.25) is 19.2 Å². The molecule has 3 rings (SSSR count). The quantitative estimate of drug-likeness (QED) is 0.634. The van der Waals surface area contributed by atoms with Crippen molar-refractivity contribution < 1.29 is 23.9 Å². The summed E-state index contributed by atoms with van der Waals surface area (Å²) in [7, 11) is 0. The summed E-state index contributed by atoms with van der Waals surface area (Å²) in [5, 5.41) is 2.68. The van der Waals surface area contributed by atoms with Gasteiger partial charge in [0.25, 0.3) is 5.91 Å². The third-order valence-corrected chi connectivity index (χ3v) is 5.60. The molecule has 0 aliphatic heterocycles. The number of Topliss-reactive ketones (excluding diaryl/α,β-unsaturated/α-hetero) is 2. The van der Waals surface area contributed by atoms with Crippen LogP contribution in [0.4, 0.5) is 5.69 Å². The Morgan fingerprint density at radius 2 is 1.67 bits per heavy atom. The van der Waals surface area contributed by atoms with Crippen LogP contribution in [0.2, 0.25) is 0 Å². The summed E-state index contributed by atoms with van der Waals surface area (Å²) < 4.78 is 5.37. The number of ether oxygens (including phenoxy) is 1. The number of carbonyl (C=O) groups excluding carboxylic acids is 4. The molecule has 1 aromatic carbocycles. The van der Waals surface area contributed by atoms with Gasteiger partial charge in [0.05, 0.1) is 5.92 Å². The Morgan fingerprint density at radius 1 is 1.07 bits per heavy atom. The highest BCUT2D eigenvalue weighted by Gasteiger charge is 2.42. The van der Waals surface area contributed by atoms with Gasteiger partial charge >= 0.3 is 5.97 Å². The fraction of sp³-hybridized carbons (Fsp3) is 0.524. The zero-order valence-corrected chi connectivity index (χ0v) is 15.7. The van der Waals surface area contributed by atoms with Crippen LogP contribution in [0, 0.1) is 17.8 Å². The molecule has 1 N–H and O–H groups in total. The van der Waals surface area contributed by atoms with Gasteiger partial charge in [-0.05, 0) is 63.8 Å². The van der Waals surface area contributed by atoms with Crippen LogP contribution in [-0.4, -0.2) is 29.5 Å². The lowest BCUT2D eigenvalue weighted by Crippen LogP contribution is -2.41. The number of anilines is 1. The minimum atomic E-state index is -0.928. The number of hydrogen-bond acceptors (Lipinski definition) is 5. The Balaban J connectivity index is 1.54. The van der Waals surface area contributed by atoms with Gasteiger partial charge in [0.15, 0.2) is 11.9 Å². The molecule has 2 aliphatic carbocycles. The first-order chi connectivity index (χ1) is 12.8. The van der Waals surface area contributed by atoms with E-state index in [1.54, 1.807) is 24.3 Å². The highest BCUT2D eigenvalue weighted by molar-refractivity contribution is 5.97. The molecule has 0 spiro atoms. The van der Waals surface area contributed by atoms with Crippen LogP contribution >= 0.6 is 0 Å². The SMILES string of the molecule is CC(=O)c1ccc(NC(=O)[C@@H](C)OC(=O)C2C[C@H]3CCC[C@@H](C2)C3=O)cc1. The van der Waals surface area contributed by atoms with Gasteiger partial charge < -0.3 is 10.1 Å². The molecule has 144 valence electrons. The predicted molar refractivity (Wildman–Crippen MR) is 99.2 cm³/mol. The van der Waals surface area contributed by atoms with Gasteiger partial charge in [-0.15, -0.1) is 0 Å². The molecule has 2 fully saturated rings. The average Bonchev–Trinajstić information content (AvgIpc) is 2.61. The van der Waals surface area contributed by atoms with Crippen molar-refractivity contribution in [2.45, 2.75) is 52.1 Å². The number of carbonyl (C=O) groups is 4. The van der Waals surface area contributed by atoms with Crippen LogP contribution in [-0.2, 0) is 19.1 Å². The van der Waals surface area contributed by atoms with Crippen molar-refractivity contribution in [3.05, 3.63) is 29.8 Å². The second-order valence-electron chi connectivity index (χ2n) is 7.60. The smallest absolute Gasteiger partial charge is 0.309 e. The minimum Gasteiger partial charge on any atom is -0.452 e. The van der Waals surface area contributed by atoms with Crippen LogP contribution < -0.4 is 5.32 Å². The molecule has 0 radical (unpaired) electrons. The van der Waals surface area contributed by atoms with E-state index in [2.05, 4.69) is 5.32 Å². The molecule has 1 aromatic rings. The second-order valence-corrected chi connectivity index (χ2v) is 7.60. The summed E-state index contributed by atoms with van der Waals surface area (Å²) in [6.45, 7) is 3.01. The van der Waals surface area contributed by atoms with E-state index in [1.165, 1.54) is 13.8 Å². The number of benzene rings is 1. The van der Waals surface area contributed by atoms with E-state index in [1.807, 2.05) is 0 Å². The van der Waals surface area contributed by atoms with Crippen LogP contribution in [0.15, 0.2) is 24.3 Å². The van der Waals surface area contributed by atoms with Crippen LogP contribution in [0.3, 0.4) is 0 Å². The topological polar surface area (TPSA) is 89.5 Å². The van der Waals surface area contributed by atoms with Crippen molar-refractivity contribution in [2.24, 2.45) is 17.8 Å². The molecule has 4 atom stereocenters. The van der Waals surface area contributed by atoms with Crippen molar-refractivity contribution in [1.29, 1.82) is 0 Å². The van der Waals surface area contributed by atoms with E-state index in [0.29, 0.717) is 29.9 Å². The minimum absolute atomic E-state index is 0.0287. The normalized spacial score (nSPS) is 25.4. The Morgan fingerprint density at radius 3 is 2.22 bits per heavy atom. The summed E-state index contributed by atoms with van der Waals surface area (Å²) in [6, 6.07) is 6.53. The number of ketones is 2. The third kappa shape index (κ3) is 4.43. The first kappa shape index (κ1) is 19.3. The van der Waals surface area contributed by atoms with E-state index in [4.69, 9.17) is 4.74 Å². The summed E-state index contributed by atoms with van der Waals surface area (Å²) in [5.41, 5.74) is 1.09. The molecule has 27 heavy (non-hydrogen) atoms. The van der Waals surface area contributed by atoms with E-state index in [-0.39, 0.29) is 23.5 Å². The molecule has 2 saturated carbocycles. The maximum absolute atomic E-state index is 12.5. The fourth-order valence-electron chi connectivity index (χ4n) is 4.03. The van der Waals surface area contributed by atoms with Gasteiger partial charge in [0, 0.05) is 23.1 Å². The van der Waals surface area contributed by atoms with E-state index < -0.39 is 18.0 Å². The monoisotopic (exact) mass is 371 g/mol. The van der Waals surface area contributed by atoms with Crippen molar-refractivity contribution in [1.82, 2.24) is 0 Å². The Hall–Kier alpha value is -2.50. The molecule has 0 aromatic heterocycles. The Bertz CT molecular complexity index is 738. The zero-order valence-electron chi connectivity index (χ0n) is 15.7. The molecule has 1 amide bonds. The lowest BCUT2D eigenvalue weighted by molar-refractivity contribution is -0.161. The fourth-order valence-corrected chi connectivity index (χ4v) is 4.03. The standard InChI is InChI=1S/C21H25NO5/c1-12(23)14-6-8-18(9-7-14)22-20(25)13(2)27-21(26)17-10-15-4-3-5-16(11-17)19(15)24/h6-9,13,15-17H,3-5,10-11H2,1-2H3,(H,22,25)/t13-,15-,16+,17?/m1/s1. The van der Waals surface area contributed by atoms with Crippen molar-refractivity contribution in [2.75, 3.05) is 5.32 Å². The van der Waals surface area contributed by atoms with E-state index in [9.17, 15) is 19.2 Å². The molecule has 0 saturated heterocycles. The summed E-state index contributed by atoms with van der Waals surface area (Å²) in [5.74, 6) is -0.933. The lowest BCUT2D eigenvalue weighted by atomic mass is 9.67. The van der Waals surface area contributed by atoms with Gasteiger partial charge in [-0.2, -0.15) is 0 Å². The zero-order chi connectivity index (χ0) is 19.6. The maximum Gasteiger partial charge on any atom is 0.309 e. The Kier molecular flexibility index (Phi) is 5.73. The first-order valence-electron chi connectivity index (χ1n) is 9.51. The van der Waals surface area contributed by atoms with Gasteiger partial charge in [0.2, 0.25) is 0 Å². The third-order valence-electron chi connectivity index (χ3n) is 5.60. The van der Waals surface area contributed by atoms with Crippen molar-refractivity contribution in [3.63, 3.8) is 0 Å². The Labute approximate surface area is 158 Å². The lowest BCUT2D eigenvalue weighted by Gasteiger charge is -2.36. The second kappa shape index (κ2) is 8.03. The number of esters is 1. The molecule has 2 aliphatic rings. The first-order valence-corrected chi connectivity index (χ1v) is 9.51. The number of nitrogens with one attached hydrogen (secondary N) is 1. The molecule has 1 unspecified atom stereocenters. The summed E-state index contributed by atoms with van der Waals surface area (Å²) in [4.78, 5) is 48.2. The van der Waals surface area contributed by atoms with Crippen LogP contribution in [0.25, 0.3) is 0 Å². The highest BCUT2D eigenvalue weighted by atomic mass is 16.5. The number of rotatable bonds is 5. The van der Waals surface area contributed by atoms with Crippen molar-refractivity contribution in [3.8, 4) is 0 Å². The van der Waals surface area contributed by atoms with E-state index >= 15 is 0 Å². The van der Waals surface area contributed by atoms with Gasteiger partial charge in [-0.25, -0.2) is 0 Å². The molecular weight excluding hydrogens is 346 g/mol. The molecular formula is C21H25NO5. The average molecular weight is 371 g/mol. The molecule has 2 bridgehead atoms. The largest absolute Gasteiger partial charge is 0.452 e. The molecule has 0 heterocycles. The van der Waals surface area contributed by atoms with E-state index in [0.717, 1.165) is 19.3 Å². The van der Waals surface area contributed by atoms with Crippen LogP contribution in [0.5, 0.6) is 0 Å².